The number of hydrogen-bond donors (Lipinski definition) is 0. The molecule has 28 heavy (non-hydrogen) atoms. The average molecular weight is 383 g/mol. The molecule has 2 saturated heterocycles. The molecule has 0 radical (unpaired) electrons. The summed E-state index contributed by atoms with van der Waals surface area (Å²) >= 11 is 0. The number of halogens is 1. The fraction of sp³-hybridized carbons (Fsp3) is 0.500. The highest BCUT2D eigenvalue weighted by Crippen LogP contribution is 2.34. The van der Waals surface area contributed by atoms with Gasteiger partial charge in [-0.05, 0) is 48.9 Å². The molecule has 0 bridgehead atoms. The van der Waals surface area contributed by atoms with Crippen LogP contribution in [-0.4, -0.2) is 54.7 Å². The summed E-state index contributed by atoms with van der Waals surface area (Å²) < 4.78 is 18.9. The monoisotopic (exact) mass is 382 g/mol. The molecule has 150 valence electrons. The number of ether oxygens (including phenoxy) is 1. The van der Waals surface area contributed by atoms with Crippen LogP contribution >= 0.6 is 0 Å². The van der Waals surface area contributed by atoms with Crippen LogP contribution in [-0.2, 0) is 17.7 Å². The zero-order valence-electron chi connectivity index (χ0n) is 16.7. The molecule has 0 unspecified atom stereocenters. The molecule has 3 nitrogen and oxygen atoms in total. The molecule has 0 aromatic heterocycles. The molecule has 4 heteroatoms. The Kier molecular flexibility index (Phi) is 6.40. The van der Waals surface area contributed by atoms with Gasteiger partial charge in [-0.2, -0.15) is 0 Å². The number of hydrogen-bond acceptors (Lipinski definition) is 3. The van der Waals surface area contributed by atoms with Crippen LogP contribution in [0.5, 0.6) is 0 Å². The van der Waals surface area contributed by atoms with E-state index in [-0.39, 0.29) is 11.4 Å². The van der Waals surface area contributed by atoms with E-state index in [1.807, 2.05) is 12.1 Å². The summed E-state index contributed by atoms with van der Waals surface area (Å²) in [5.74, 6) is -0.154. The van der Waals surface area contributed by atoms with E-state index in [0.29, 0.717) is 0 Å². The number of piperazine rings is 1. The van der Waals surface area contributed by atoms with Gasteiger partial charge in [0.1, 0.15) is 5.82 Å². The Morgan fingerprint density at radius 1 is 0.821 bits per heavy atom. The quantitative estimate of drug-likeness (QED) is 0.747. The molecule has 0 aliphatic carbocycles. The summed E-state index contributed by atoms with van der Waals surface area (Å²) in [5.41, 5.74) is 2.86. The van der Waals surface area contributed by atoms with Gasteiger partial charge in [-0.15, -0.1) is 0 Å². The molecule has 0 amide bonds. The maximum absolute atomic E-state index is 13.2. The lowest BCUT2D eigenvalue weighted by Gasteiger charge is -2.50. The second-order valence-electron chi connectivity index (χ2n) is 8.21. The van der Waals surface area contributed by atoms with Crippen LogP contribution in [0.15, 0.2) is 54.6 Å². The highest BCUT2D eigenvalue weighted by Gasteiger charge is 2.39. The maximum Gasteiger partial charge on any atom is 0.123 e. The van der Waals surface area contributed by atoms with Gasteiger partial charge in [0.2, 0.25) is 0 Å². The lowest BCUT2D eigenvalue weighted by Crippen LogP contribution is -2.59. The number of nitrogens with zero attached hydrogens (tertiary/aromatic N) is 2. The third-order valence-corrected chi connectivity index (χ3v) is 6.51. The molecule has 0 saturated carbocycles. The lowest BCUT2D eigenvalue weighted by molar-refractivity contribution is -0.0521. The SMILES string of the molecule is Fc1ccc(CCC2(N3CCN(Cc4ccccc4)CC3)CCOCC2)cc1. The summed E-state index contributed by atoms with van der Waals surface area (Å²) in [6.07, 6.45) is 4.34. The van der Waals surface area contributed by atoms with Crippen molar-refractivity contribution in [3.63, 3.8) is 0 Å². The van der Waals surface area contributed by atoms with Crippen LogP contribution < -0.4 is 0 Å². The Bertz CT molecular complexity index is 720. The Hall–Kier alpha value is -1.75. The zero-order valence-corrected chi connectivity index (χ0v) is 16.7. The fourth-order valence-electron chi connectivity index (χ4n) is 4.73. The summed E-state index contributed by atoms with van der Waals surface area (Å²) in [6.45, 7) is 7.23. The molecule has 2 heterocycles. The number of rotatable bonds is 6. The van der Waals surface area contributed by atoms with Gasteiger partial charge in [0.25, 0.3) is 0 Å². The minimum Gasteiger partial charge on any atom is -0.381 e. The van der Waals surface area contributed by atoms with Gasteiger partial charge in [0.15, 0.2) is 0 Å². The second kappa shape index (κ2) is 9.17. The van der Waals surface area contributed by atoms with Crippen LogP contribution in [0, 0.1) is 5.82 Å². The zero-order chi connectivity index (χ0) is 19.2. The first-order chi connectivity index (χ1) is 13.7. The van der Waals surface area contributed by atoms with Gasteiger partial charge in [-0.3, -0.25) is 9.80 Å². The van der Waals surface area contributed by atoms with E-state index < -0.39 is 0 Å². The van der Waals surface area contributed by atoms with E-state index in [2.05, 4.69) is 40.1 Å². The molecule has 2 aromatic carbocycles. The van der Waals surface area contributed by atoms with Gasteiger partial charge in [-0.25, -0.2) is 4.39 Å². The summed E-state index contributed by atoms with van der Waals surface area (Å²) in [7, 11) is 0. The van der Waals surface area contributed by atoms with Crippen LogP contribution in [0.3, 0.4) is 0 Å². The van der Waals surface area contributed by atoms with Gasteiger partial charge in [0.05, 0.1) is 0 Å². The minimum atomic E-state index is -0.154. The molecule has 0 spiro atoms. The molecule has 2 aromatic rings. The van der Waals surface area contributed by atoms with E-state index in [9.17, 15) is 4.39 Å². The van der Waals surface area contributed by atoms with Crippen molar-refractivity contribution in [2.75, 3.05) is 39.4 Å². The Morgan fingerprint density at radius 2 is 1.50 bits per heavy atom. The molecule has 2 aliphatic rings. The van der Waals surface area contributed by atoms with Crippen molar-refractivity contribution in [3.8, 4) is 0 Å². The number of aryl methyl sites for hydroxylation is 1. The molecular formula is C24H31FN2O. The molecular weight excluding hydrogens is 351 g/mol. The normalized spacial score (nSPS) is 20.9. The lowest BCUT2D eigenvalue weighted by atomic mass is 9.82. The third kappa shape index (κ3) is 4.80. The average Bonchev–Trinajstić information content (AvgIpc) is 2.75. The topological polar surface area (TPSA) is 15.7 Å². The molecule has 2 aliphatic heterocycles. The van der Waals surface area contributed by atoms with Crippen molar-refractivity contribution < 1.29 is 9.13 Å². The van der Waals surface area contributed by atoms with E-state index in [0.717, 1.165) is 71.6 Å². The van der Waals surface area contributed by atoms with Crippen molar-refractivity contribution >= 4 is 0 Å². The molecule has 0 N–H and O–H groups in total. The Morgan fingerprint density at radius 3 is 2.18 bits per heavy atom. The molecule has 4 rings (SSSR count). The van der Waals surface area contributed by atoms with Crippen LogP contribution in [0.1, 0.15) is 30.4 Å². The molecule has 0 atom stereocenters. The van der Waals surface area contributed by atoms with E-state index >= 15 is 0 Å². The first-order valence-corrected chi connectivity index (χ1v) is 10.6. The Labute approximate surface area is 168 Å². The van der Waals surface area contributed by atoms with E-state index in [1.54, 1.807) is 12.1 Å². The summed E-state index contributed by atoms with van der Waals surface area (Å²) in [5, 5.41) is 0. The predicted octanol–water partition coefficient (Wildman–Crippen LogP) is 4.13. The highest BCUT2D eigenvalue weighted by molar-refractivity contribution is 5.17. The van der Waals surface area contributed by atoms with Crippen molar-refractivity contribution in [2.45, 2.75) is 37.8 Å². The van der Waals surface area contributed by atoms with Gasteiger partial charge >= 0.3 is 0 Å². The maximum atomic E-state index is 13.2. The largest absolute Gasteiger partial charge is 0.381 e. The van der Waals surface area contributed by atoms with Gasteiger partial charge < -0.3 is 4.74 Å². The van der Waals surface area contributed by atoms with Crippen LogP contribution in [0.2, 0.25) is 0 Å². The van der Waals surface area contributed by atoms with E-state index in [4.69, 9.17) is 4.74 Å². The van der Waals surface area contributed by atoms with Crippen LogP contribution in [0.25, 0.3) is 0 Å². The summed E-state index contributed by atoms with van der Waals surface area (Å²) in [4.78, 5) is 5.29. The second-order valence-corrected chi connectivity index (χ2v) is 8.21. The molecule has 2 fully saturated rings. The first-order valence-electron chi connectivity index (χ1n) is 10.6. The van der Waals surface area contributed by atoms with E-state index in [1.165, 1.54) is 11.1 Å². The van der Waals surface area contributed by atoms with Crippen molar-refractivity contribution in [3.05, 3.63) is 71.5 Å². The number of benzene rings is 2. The van der Waals surface area contributed by atoms with Crippen molar-refractivity contribution in [1.82, 2.24) is 9.80 Å². The smallest absolute Gasteiger partial charge is 0.123 e. The van der Waals surface area contributed by atoms with Gasteiger partial charge in [-0.1, -0.05) is 42.5 Å². The fourth-order valence-corrected chi connectivity index (χ4v) is 4.73. The Balaban J connectivity index is 1.37. The van der Waals surface area contributed by atoms with Crippen molar-refractivity contribution in [2.24, 2.45) is 0 Å². The standard InChI is InChI=1S/C24H31FN2O/c25-23-8-6-21(7-9-23)10-11-24(12-18-28-19-13-24)27-16-14-26(15-17-27)20-22-4-2-1-3-5-22/h1-9H,10-20H2. The van der Waals surface area contributed by atoms with Crippen molar-refractivity contribution in [1.29, 1.82) is 0 Å². The first kappa shape index (κ1) is 19.6. The van der Waals surface area contributed by atoms with Gasteiger partial charge in [0, 0.05) is 51.5 Å². The highest BCUT2D eigenvalue weighted by atomic mass is 19.1. The van der Waals surface area contributed by atoms with Crippen LogP contribution in [0.4, 0.5) is 4.39 Å². The summed E-state index contributed by atoms with van der Waals surface area (Å²) in [6, 6.07) is 17.8. The minimum absolute atomic E-state index is 0.154. The predicted molar refractivity (Wildman–Crippen MR) is 111 cm³/mol. The third-order valence-electron chi connectivity index (χ3n) is 6.51.